The van der Waals surface area contributed by atoms with Gasteiger partial charge in [0.25, 0.3) is 0 Å². The van der Waals surface area contributed by atoms with Crippen molar-refractivity contribution in [1.82, 2.24) is 0 Å². The maximum Gasteiger partial charge on any atom is 0.400 e. The van der Waals surface area contributed by atoms with E-state index in [2.05, 4.69) is 11.6 Å². The van der Waals surface area contributed by atoms with Gasteiger partial charge in [0.05, 0.1) is 0 Å². The molecule has 0 aliphatic rings. The second kappa shape index (κ2) is 4.57. The number of para-hydroxylation sites is 1. The molecule has 82 valence electrons. The number of hydrogen-bond acceptors (Lipinski definition) is 1. The van der Waals surface area contributed by atoms with Gasteiger partial charge in [-0.3, -0.25) is 4.79 Å². The first-order chi connectivity index (χ1) is 6.96. The smallest absolute Gasteiger partial charge is 0.306 e. The average molecular weight is 234 g/mol. The van der Waals surface area contributed by atoms with E-state index >= 15 is 0 Å². The van der Waals surface area contributed by atoms with Crippen molar-refractivity contribution in [2.24, 2.45) is 0 Å². The first kappa shape index (κ1) is 11.9. The summed E-state index contributed by atoms with van der Waals surface area (Å²) >= 11 is 4.68. The van der Waals surface area contributed by atoms with E-state index in [9.17, 15) is 13.6 Å². The third-order valence-electron chi connectivity index (χ3n) is 1.87. The van der Waals surface area contributed by atoms with Gasteiger partial charge >= 0.3 is 11.3 Å². The van der Waals surface area contributed by atoms with E-state index in [1.54, 1.807) is 37.3 Å². The summed E-state index contributed by atoms with van der Waals surface area (Å²) in [6.45, 7) is 1.75. The van der Waals surface area contributed by atoms with Crippen molar-refractivity contribution in [2.45, 2.75) is 12.3 Å². The van der Waals surface area contributed by atoms with Crippen LogP contribution in [-0.2, 0) is 4.79 Å². The second-order valence-electron chi connectivity index (χ2n) is 2.88. The molecule has 1 rings (SSSR count). The van der Waals surface area contributed by atoms with Crippen LogP contribution >= 0.6 is 11.6 Å². The molecule has 0 heterocycles. The van der Waals surface area contributed by atoms with E-state index in [4.69, 9.17) is 0 Å². The molecular formula is C10H10ClF2NO. The van der Waals surface area contributed by atoms with Crippen LogP contribution in [0.5, 0.6) is 0 Å². The van der Waals surface area contributed by atoms with Crippen molar-refractivity contribution in [2.75, 3.05) is 11.4 Å². The highest BCUT2D eigenvalue weighted by Crippen LogP contribution is 2.25. The Morgan fingerprint density at radius 2 is 1.93 bits per heavy atom. The van der Waals surface area contributed by atoms with Crippen LogP contribution in [-0.4, -0.2) is 17.8 Å². The molecule has 0 spiro atoms. The van der Waals surface area contributed by atoms with Crippen LogP contribution < -0.4 is 4.90 Å². The van der Waals surface area contributed by atoms with E-state index in [0.29, 0.717) is 5.69 Å². The first-order valence-electron chi connectivity index (χ1n) is 4.40. The highest BCUT2D eigenvalue weighted by Gasteiger charge is 2.39. The highest BCUT2D eigenvalue weighted by molar-refractivity contribution is 6.34. The summed E-state index contributed by atoms with van der Waals surface area (Å²) in [5.74, 6) is -1.40. The normalized spacial score (nSPS) is 11.2. The average Bonchev–Trinajstić information content (AvgIpc) is 2.19. The number of hydrogen-bond donors (Lipinski definition) is 0. The summed E-state index contributed by atoms with van der Waals surface area (Å²) in [6.07, 6.45) is 0. The van der Waals surface area contributed by atoms with Crippen LogP contribution in [0.25, 0.3) is 0 Å². The van der Waals surface area contributed by atoms with E-state index in [1.807, 2.05) is 0 Å². The minimum absolute atomic E-state index is 0.144. The Kier molecular flexibility index (Phi) is 3.63. The Morgan fingerprint density at radius 1 is 1.40 bits per heavy atom. The topological polar surface area (TPSA) is 20.3 Å². The third kappa shape index (κ3) is 2.89. The summed E-state index contributed by atoms with van der Waals surface area (Å²) in [5, 5.41) is -3.86. The van der Waals surface area contributed by atoms with E-state index in [0.717, 1.165) is 4.90 Å². The Morgan fingerprint density at radius 3 is 2.33 bits per heavy atom. The predicted molar refractivity (Wildman–Crippen MR) is 55.3 cm³/mol. The van der Waals surface area contributed by atoms with Gasteiger partial charge in [-0.05, 0) is 30.7 Å². The maximum absolute atomic E-state index is 12.6. The molecule has 1 aromatic rings. The zero-order chi connectivity index (χ0) is 11.5. The summed E-state index contributed by atoms with van der Waals surface area (Å²) in [4.78, 5) is 12.2. The van der Waals surface area contributed by atoms with Crippen LogP contribution in [0.15, 0.2) is 30.3 Å². The number of alkyl halides is 3. The zero-order valence-electron chi connectivity index (χ0n) is 8.08. The number of rotatable bonds is 3. The maximum atomic E-state index is 12.6. The largest absolute Gasteiger partial charge is 0.400 e. The summed E-state index contributed by atoms with van der Waals surface area (Å²) in [6, 6.07) is 8.21. The molecule has 2 nitrogen and oxygen atoms in total. The number of carbonyl (C=O) groups is 1. The van der Waals surface area contributed by atoms with Crippen molar-refractivity contribution >= 4 is 23.2 Å². The van der Waals surface area contributed by atoms with E-state index < -0.39 is 11.3 Å². The van der Waals surface area contributed by atoms with Gasteiger partial charge in [-0.2, -0.15) is 8.78 Å². The molecular weight excluding hydrogens is 224 g/mol. The number of amides is 1. The number of nitrogens with zero attached hydrogens (tertiary/aromatic N) is 1. The fraction of sp³-hybridized carbons (Fsp3) is 0.300. The first-order valence-corrected chi connectivity index (χ1v) is 4.78. The SMILES string of the molecule is CCN(C(=O)C(F)(F)Cl)c1ccccc1. The van der Waals surface area contributed by atoms with Gasteiger partial charge < -0.3 is 4.90 Å². The molecule has 0 fully saturated rings. The van der Waals surface area contributed by atoms with Crippen LogP contribution in [0.3, 0.4) is 0 Å². The molecule has 0 radical (unpaired) electrons. The van der Waals surface area contributed by atoms with Gasteiger partial charge in [-0.1, -0.05) is 18.2 Å². The number of anilines is 1. The van der Waals surface area contributed by atoms with Gasteiger partial charge in [0.2, 0.25) is 0 Å². The number of halogens is 3. The number of carbonyl (C=O) groups excluding carboxylic acids is 1. The lowest BCUT2D eigenvalue weighted by atomic mass is 10.3. The summed E-state index contributed by atoms with van der Waals surface area (Å²) in [5.41, 5.74) is 0.408. The van der Waals surface area contributed by atoms with Gasteiger partial charge in [0, 0.05) is 12.2 Å². The molecule has 0 atom stereocenters. The molecule has 0 aliphatic carbocycles. The van der Waals surface area contributed by atoms with Crippen molar-refractivity contribution < 1.29 is 13.6 Å². The van der Waals surface area contributed by atoms with Gasteiger partial charge in [0.15, 0.2) is 0 Å². The molecule has 0 saturated heterocycles. The molecule has 0 N–H and O–H groups in total. The highest BCUT2D eigenvalue weighted by atomic mass is 35.5. The molecule has 5 heteroatoms. The molecule has 15 heavy (non-hydrogen) atoms. The van der Waals surface area contributed by atoms with Crippen LogP contribution in [0.1, 0.15) is 6.92 Å². The fourth-order valence-electron chi connectivity index (χ4n) is 1.20. The lowest BCUT2D eigenvalue weighted by Crippen LogP contribution is -2.40. The minimum atomic E-state index is -3.86. The Bertz CT molecular complexity index is 337. The van der Waals surface area contributed by atoms with Crippen molar-refractivity contribution in [3.63, 3.8) is 0 Å². The Balaban J connectivity index is 2.96. The van der Waals surface area contributed by atoms with Crippen molar-refractivity contribution in [3.05, 3.63) is 30.3 Å². The van der Waals surface area contributed by atoms with Crippen LogP contribution in [0.4, 0.5) is 14.5 Å². The minimum Gasteiger partial charge on any atom is -0.306 e. The van der Waals surface area contributed by atoms with Crippen molar-refractivity contribution in [1.29, 1.82) is 0 Å². The molecule has 0 unspecified atom stereocenters. The third-order valence-corrected chi connectivity index (χ3v) is 2.03. The number of benzene rings is 1. The quantitative estimate of drug-likeness (QED) is 0.736. The summed E-state index contributed by atoms with van der Waals surface area (Å²) < 4.78 is 25.2. The Hall–Kier alpha value is -1.16. The van der Waals surface area contributed by atoms with Crippen LogP contribution in [0.2, 0.25) is 0 Å². The summed E-state index contributed by atoms with van der Waals surface area (Å²) in [7, 11) is 0. The van der Waals surface area contributed by atoms with E-state index in [-0.39, 0.29) is 6.54 Å². The molecule has 0 aliphatic heterocycles. The molecule has 1 amide bonds. The second-order valence-corrected chi connectivity index (χ2v) is 3.36. The lowest BCUT2D eigenvalue weighted by molar-refractivity contribution is -0.132. The molecule has 0 aromatic heterocycles. The predicted octanol–water partition coefficient (Wildman–Crippen LogP) is 2.87. The van der Waals surface area contributed by atoms with Crippen LogP contribution in [0, 0.1) is 0 Å². The molecule has 0 saturated carbocycles. The van der Waals surface area contributed by atoms with Gasteiger partial charge in [-0.15, -0.1) is 0 Å². The van der Waals surface area contributed by atoms with Gasteiger partial charge in [-0.25, -0.2) is 0 Å². The van der Waals surface area contributed by atoms with Crippen molar-refractivity contribution in [3.8, 4) is 0 Å². The lowest BCUT2D eigenvalue weighted by Gasteiger charge is -2.22. The zero-order valence-corrected chi connectivity index (χ0v) is 8.84. The molecule has 1 aromatic carbocycles. The fourth-order valence-corrected chi connectivity index (χ4v) is 1.31. The molecule has 0 bridgehead atoms. The Labute approximate surface area is 91.4 Å². The standard InChI is InChI=1S/C10H10ClF2NO/c1-2-14(9(15)10(11,12)13)8-6-4-3-5-7-8/h3-7H,2H2,1H3. The van der Waals surface area contributed by atoms with E-state index in [1.165, 1.54) is 0 Å². The monoisotopic (exact) mass is 233 g/mol. The van der Waals surface area contributed by atoms with Gasteiger partial charge in [0.1, 0.15) is 0 Å².